The van der Waals surface area contributed by atoms with Gasteiger partial charge in [-0.25, -0.2) is 13.5 Å². The van der Waals surface area contributed by atoms with Gasteiger partial charge in [0, 0.05) is 0 Å². The molecule has 1 aromatic carbocycles. The van der Waals surface area contributed by atoms with Gasteiger partial charge < -0.3 is 5.73 Å². The zero-order valence-electron chi connectivity index (χ0n) is 9.48. The third-order valence-electron chi connectivity index (χ3n) is 2.43. The fourth-order valence-corrected chi connectivity index (χ4v) is 1.70. The highest BCUT2D eigenvalue weighted by atomic mass is 19.1. The van der Waals surface area contributed by atoms with Crippen LogP contribution in [0.3, 0.4) is 0 Å². The van der Waals surface area contributed by atoms with Crippen LogP contribution >= 0.6 is 0 Å². The first kappa shape index (κ1) is 11.5. The van der Waals surface area contributed by atoms with Crippen LogP contribution in [0.1, 0.15) is 25.5 Å². The summed E-state index contributed by atoms with van der Waals surface area (Å²) in [5, 5.41) is 7.34. The summed E-state index contributed by atoms with van der Waals surface area (Å²) in [4.78, 5) is 0. The number of anilines is 1. The Kier molecular flexibility index (Phi) is 2.79. The standard InChI is InChI=1S/C11H12F2N4/c1-6(2)9-11(14)15-16-17(9)10-7(12)4-3-5-8(10)13/h3-6H,14H2,1-2H3. The third-order valence-corrected chi connectivity index (χ3v) is 2.43. The lowest BCUT2D eigenvalue weighted by atomic mass is 10.1. The van der Waals surface area contributed by atoms with Crippen LogP contribution in [0.2, 0.25) is 0 Å². The molecule has 0 bridgehead atoms. The van der Waals surface area contributed by atoms with E-state index in [-0.39, 0.29) is 17.4 Å². The van der Waals surface area contributed by atoms with Gasteiger partial charge in [0.05, 0.1) is 5.69 Å². The van der Waals surface area contributed by atoms with E-state index in [2.05, 4.69) is 10.3 Å². The molecule has 0 spiro atoms. The SMILES string of the molecule is CC(C)c1c(N)nnn1-c1c(F)cccc1F. The number of hydrogen-bond acceptors (Lipinski definition) is 3. The van der Waals surface area contributed by atoms with E-state index >= 15 is 0 Å². The second-order valence-corrected chi connectivity index (χ2v) is 4.00. The number of nitrogens with two attached hydrogens (primary N) is 1. The van der Waals surface area contributed by atoms with Gasteiger partial charge in [0.1, 0.15) is 5.69 Å². The van der Waals surface area contributed by atoms with Crippen LogP contribution in [0, 0.1) is 11.6 Å². The topological polar surface area (TPSA) is 56.7 Å². The zero-order chi connectivity index (χ0) is 12.6. The van der Waals surface area contributed by atoms with Crippen molar-refractivity contribution >= 4 is 5.82 Å². The lowest BCUT2D eigenvalue weighted by molar-refractivity contribution is 0.548. The highest BCUT2D eigenvalue weighted by Gasteiger charge is 2.20. The van der Waals surface area contributed by atoms with Gasteiger partial charge in [-0.15, -0.1) is 5.10 Å². The summed E-state index contributed by atoms with van der Waals surface area (Å²) in [5.41, 5.74) is 5.89. The van der Waals surface area contributed by atoms with Crippen molar-refractivity contribution in [1.82, 2.24) is 15.0 Å². The maximum Gasteiger partial charge on any atom is 0.169 e. The zero-order valence-corrected chi connectivity index (χ0v) is 9.48. The van der Waals surface area contributed by atoms with E-state index in [0.29, 0.717) is 5.69 Å². The van der Waals surface area contributed by atoms with Crippen LogP contribution in [0.4, 0.5) is 14.6 Å². The molecule has 0 saturated carbocycles. The Morgan fingerprint density at radius 3 is 2.35 bits per heavy atom. The Hall–Kier alpha value is -1.98. The monoisotopic (exact) mass is 238 g/mol. The van der Waals surface area contributed by atoms with E-state index in [1.807, 2.05) is 13.8 Å². The maximum absolute atomic E-state index is 13.6. The van der Waals surface area contributed by atoms with Gasteiger partial charge in [-0.1, -0.05) is 25.1 Å². The minimum absolute atomic E-state index is 0.0380. The normalized spacial score (nSPS) is 11.1. The van der Waals surface area contributed by atoms with Crippen molar-refractivity contribution in [3.8, 4) is 5.69 Å². The van der Waals surface area contributed by atoms with Crippen molar-refractivity contribution in [2.24, 2.45) is 0 Å². The Labute approximate surface area is 97.0 Å². The minimum atomic E-state index is -0.697. The fourth-order valence-electron chi connectivity index (χ4n) is 1.70. The van der Waals surface area contributed by atoms with Crippen LogP contribution in [0.5, 0.6) is 0 Å². The molecule has 2 aromatic rings. The largest absolute Gasteiger partial charge is 0.381 e. The smallest absolute Gasteiger partial charge is 0.169 e. The van der Waals surface area contributed by atoms with Gasteiger partial charge in [0.2, 0.25) is 0 Å². The van der Waals surface area contributed by atoms with Gasteiger partial charge in [-0.2, -0.15) is 0 Å². The van der Waals surface area contributed by atoms with Crippen molar-refractivity contribution in [3.05, 3.63) is 35.5 Å². The molecule has 0 aliphatic carbocycles. The number of benzene rings is 1. The highest BCUT2D eigenvalue weighted by molar-refractivity contribution is 5.43. The fraction of sp³-hybridized carbons (Fsp3) is 0.273. The molecule has 0 unspecified atom stereocenters. The van der Waals surface area contributed by atoms with Crippen molar-refractivity contribution in [1.29, 1.82) is 0 Å². The first-order valence-electron chi connectivity index (χ1n) is 5.17. The Morgan fingerprint density at radius 1 is 1.24 bits per heavy atom. The maximum atomic E-state index is 13.6. The lowest BCUT2D eigenvalue weighted by Gasteiger charge is -2.10. The van der Waals surface area contributed by atoms with E-state index in [1.165, 1.54) is 18.2 Å². The number of hydrogen-bond donors (Lipinski definition) is 1. The quantitative estimate of drug-likeness (QED) is 0.873. The van der Waals surface area contributed by atoms with Crippen LogP contribution in [0.25, 0.3) is 5.69 Å². The molecular formula is C11H12F2N4. The summed E-state index contributed by atoms with van der Waals surface area (Å²) in [7, 11) is 0. The van der Waals surface area contributed by atoms with Gasteiger partial charge in [0.15, 0.2) is 17.5 Å². The molecule has 4 nitrogen and oxygen atoms in total. The molecular weight excluding hydrogens is 226 g/mol. The first-order valence-corrected chi connectivity index (χ1v) is 5.17. The van der Waals surface area contributed by atoms with E-state index in [1.54, 1.807) is 0 Å². The number of rotatable bonds is 2. The van der Waals surface area contributed by atoms with E-state index in [0.717, 1.165) is 4.68 Å². The average Bonchev–Trinajstić information content (AvgIpc) is 2.60. The predicted molar refractivity (Wildman–Crippen MR) is 59.8 cm³/mol. The number of halogens is 2. The summed E-state index contributed by atoms with van der Waals surface area (Å²) < 4.78 is 28.4. The summed E-state index contributed by atoms with van der Waals surface area (Å²) in [5.74, 6) is -1.25. The molecule has 0 radical (unpaired) electrons. The molecule has 1 aromatic heterocycles. The van der Waals surface area contributed by atoms with Gasteiger partial charge >= 0.3 is 0 Å². The molecule has 6 heteroatoms. The van der Waals surface area contributed by atoms with Gasteiger partial charge in [0.25, 0.3) is 0 Å². The third kappa shape index (κ3) is 1.86. The molecule has 17 heavy (non-hydrogen) atoms. The predicted octanol–water partition coefficient (Wildman–Crippen LogP) is 2.25. The summed E-state index contributed by atoms with van der Waals surface area (Å²) in [6.45, 7) is 3.70. The van der Waals surface area contributed by atoms with E-state index < -0.39 is 11.6 Å². The lowest BCUT2D eigenvalue weighted by Crippen LogP contribution is -2.09. The molecule has 0 atom stereocenters. The first-order chi connectivity index (χ1) is 8.02. The highest BCUT2D eigenvalue weighted by Crippen LogP contribution is 2.25. The van der Waals surface area contributed by atoms with Gasteiger partial charge in [-0.3, -0.25) is 0 Å². The van der Waals surface area contributed by atoms with E-state index in [4.69, 9.17) is 5.73 Å². The molecule has 2 rings (SSSR count). The summed E-state index contributed by atoms with van der Waals surface area (Å²) >= 11 is 0. The van der Waals surface area contributed by atoms with Crippen LogP contribution < -0.4 is 5.73 Å². The minimum Gasteiger partial charge on any atom is -0.381 e. The molecule has 2 N–H and O–H groups in total. The Balaban J connectivity index is 2.69. The molecule has 0 fully saturated rings. The molecule has 0 aliphatic rings. The summed E-state index contributed by atoms with van der Waals surface area (Å²) in [6, 6.07) is 3.63. The van der Waals surface area contributed by atoms with Crippen molar-refractivity contribution < 1.29 is 8.78 Å². The Bertz CT molecular complexity index is 528. The molecule has 0 aliphatic heterocycles. The second kappa shape index (κ2) is 4.12. The van der Waals surface area contributed by atoms with Crippen molar-refractivity contribution in [3.63, 3.8) is 0 Å². The number of para-hydroxylation sites is 1. The number of nitrogen functional groups attached to an aromatic ring is 1. The molecule has 0 amide bonds. The van der Waals surface area contributed by atoms with Crippen molar-refractivity contribution in [2.75, 3.05) is 5.73 Å². The number of nitrogens with zero attached hydrogens (tertiary/aromatic N) is 3. The van der Waals surface area contributed by atoms with Crippen molar-refractivity contribution in [2.45, 2.75) is 19.8 Å². The summed E-state index contributed by atoms with van der Waals surface area (Å²) in [6.07, 6.45) is 0. The average molecular weight is 238 g/mol. The van der Waals surface area contributed by atoms with Gasteiger partial charge in [-0.05, 0) is 18.1 Å². The Morgan fingerprint density at radius 2 is 1.82 bits per heavy atom. The second-order valence-electron chi connectivity index (χ2n) is 4.00. The van der Waals surface area contributed by atoms with Crippen LogP contribution in [-0.4, -0.2) is 15.0 Å². The molecule has 0 saturated heterocycles. The van der Waals surface area contributed by atoms with Crippen LogP contribution in [0.15, 0.2) is 18.2 Å². The molecule has 1 heterocycles. The van der Waals surface area contributed by atoms with Crippen LogP contribution in [-0.2, 0) is 0 Å². The number of aromatic nitrogens is 3. The molecule has 90 valence electrons. The van der Waals surface area contributed by atoms with E-state index in [9.17, 15) is 8.78 Å².